The van der Waals surface area contributed by atoms with Crippen molar-refractivity contribution in [2.24, 2.45) is 0 Å². The van der Waals surface area contributed by atoms with Crippen LogP contribution in [0.1, 0.15) is 35.0 Å². The first kappa shape index (κ1) is 22.4. The number of rotatable bonds is 6. The van der Waals surface area contributed by atoms with Gasteiger partial charge in [0.15, 0.2) is 5.78 Å². The average molecular weight is 464 g/mol. The van der Waals surface area contributed by atoms with E-state index in [9.17, 15) is 19.5 Å². The first-order chi connectivity index (χ1) is 15.9. The number of hydrogen-bond acceptors (Lipinski definition) is 3. The molecule has 0 atom stereocenters. The van der Waals surface area contributed by atoms with Crippen LogP contribution in [0.3, 0.4) is 0 Å². The third-order valence-corrected chi connectivity index (χ3v) is 5.60. The Bertz CT molecular complexity index is 1340. The second kappa shape index (κ2) is 9.34. The third-order valence-electron chi connectivity index (χ3n) is 5.36. The molecule has 0 bridgehead atoms. The second-order valence-corrected chi connectivity index (χ2v) is 8.03. The van der Waals surface area contributed by atoms with Crippen LogP contribution in [0.25, 0.3) is 16.5 Å². The Morgan fingerprint density at radius 3 is 2.73 bits per heavy atom. The van der Waals surface area contributed by atoms with E-state index in [2.05, 4.69) is 10.6 Å². The summed E-state index contributed by atoms with van der Waals surface area (Å²) in [6.07, 6.45) is 5.36. The van der Waals surface area contributed by atoms with Crippen LogP contribution in [-0.4, -0.2) is 34.0 Å². The zero-order chi connectivity index (χ0) is 23.5. The molecule has 2 amide bonds. The third kappa shape index (κ3) is 4.54. The Hall–Kier alpha value is -3.84. The molecule has 2 aromatic carbocycles. The number of carbonyl (C=O) groups excluding carboxylic acids is 2. The number of halogens is 1. The number of urea groups is 1. The van der Waals surface area contributed by atoms with Crippen molar-refractivity contribution in [3.05, 3.63) is 82.5 Å². The standard InChI is InChI=1S/C25H22ClN3O4/c1-2-27-25(33)28-17-7-5-6-15(12-17)14-29-20-11-10-16(26)13-19(20)22(23(29)24(31)32)18-8-3-4-9-21(18)30/h3-8,10-13H,2,9,14H2,1H3,(H,31,32)(H2,27,28,33). The van der Waals surface area contributed by atoms with Gasteiger partial charge in [-0.15, -0.1) is 0 Å². The minimum Gasteiger partial charge on any atom is -0.477 e. The van der Waals surface area contributed by atoms with Crippen molar-refractivity contribution in [3.63, 3.8) is 0 Å². The molecular formula is C25H22ClN3O4. The second-order valence-electron chi connectivity index (χ2n) is 7.60. The summed E-state index contributed by atoms with van der Waals surface area (Å²) in [5, 5.41) is 16.7. The number of carboxylic acids is 1. The summed E-state index contributed by atoms with van der Waals surface area (Å²) in [4.78, 5) is 37.0. The molecule has 1 aliphatic rings. The maximum atomic E-state index is 12.7. The lowest BCUT2D eigenvalue weighted by molar-refractivity contribution is -0.113. The largest absolute Gasteiger partial charge is 0.477 e. The number of nitrogens with zero attached hydrogens (tertiary/aromatic N) is 1. The zero-order valence-electron chi connectivity index (χ0n) is 17.9. The summed E-state index contributed by atoms with van der Waals surface area (Å²) in [5.74, 6) is -1.29. The van der Waals surface area contributed by atoms with Gasteiger partial charge in [0.2, 0.25) is 0 Å². The number of allylic oxidation sites excluding steroid dienone is 4. The van der Waals surface area contributed by atoms with Gasteiger partial charge < -0.3 is 20.3 Å². The molecule has 1 heterocycles. The first-order valence-electron chi connectivity index (χ1n) is 10.5. The molecule has 33 heavy (non-hydrogen) atoms. The van der Waals surface area contributed by atoms with Crippen molar-refractivity contribution < 1.29 is 19.5 Å². The van der Waals surface area contributed by atoms with Crippen LogP contribution in [0.4, 0.5) is 10.5 Å². The highest BCUT2D eigenvalue weighted by atomic mass is 35.5. The predicted molar refractivity (Wildman–Crippen MR) is 129 cm³/mol. The molecule has 0 saturated carbocycles. The average Bonchev–Trinajstić information content (AvgIpc) is 3.07. The van der Waals surface area contributed by atoms with Gasteiger partial charge in [0.1, 0.15) is 5.69 Å². The molecule has 168 valence electrons. The van der Waals surface area contributed by atoms with E-state index < -0.39 is 5.97 Å². The Morgan fingerprint density at radius 2 is 2.00 bits per heavy atom. The Labute approximate surface area is 195 Å². The normalized spacial score (nSPS) is 13.2. The highest BCUT2D eigenvalue weighted by Gasteiger charge is 2.28. The Balaban J connectivity index is 1.85. The van der Waals surface area contributed by atoms with Crippen LogP contribution in [0.2, 0.25) is 5.02 Å². The summed E-state index contributed by atoms with van der Waals surface area (Å²) in [5.41, 5.74) is 2.76. The number of hydrogen-bond donors (Lipinski definition) is 3. The van der Waals surface area contributed by atoms with Gasteiger partial charge >= 0.3 is 12.0 Å². The van der Waals surface area contributed by atoms with Gasteiger partial charge in [-0.1, -0.05) is 42.0 Å². The molecule has 0 saturated heterocycles. The van der Waals surface area contributed by atoms with Crippen LogP contribution in [0.5, 0.6) is 0 Å². The molecule has 7 nitrogen and oxygen atoms in total. The number of fused-ring (bicyclic) bond motifs is 1. The van der Waals surface area contributed by atoms with Gasteiger partial charge in [-0.05, 0) is 42.8 Å². The van der Waals surface area contributed by atoms with Crippen LogP contribution in [0, 0.1) is 0 Å². The molecule has 3 N–H and O–H groups in total. The monoisotopic (exact) mass is 463 g/mol. The fourth-order valence-corrected chi connectivity index (χ4v) is 4.19. The fourth-order valence-electron chi connectivity index (χ4n) is 4.02. The van der Waals surface area contributed by atoms with Gasteiger partial charge in [-0.3, -0.25) is 4.79 Å². The lowest BCUT2D eigenvalue weighted by Gasteiger charge is -2.12. The van der Waals surface area contributed by atoms with Crippen molar-refractivity contribution in [2.75, 3.05) is 11.9 Å². The minimum atomic E-state index is -1.14. The number of carboxylic acid groups (broad SMARTS) is 1. The smallest absolute Gasteiger partial charge is 0.353 e. The molecular weight excluding hydrogens is 442 g/mol. The van der Waals surface area contributed by atoms with Gasteiger partial charge in [-0.25, -0.2) is 9.59 Å². The van der Waals surface area contributed by atoms with Gasteiger partial charge in [0, 0.05) is 52.3 Å². The van der Waals surface area contributed by atoms with E-state index in [0.717, 1.165) is 5.56 Å². The molecule has 1 aromatic heterocycles. The number of anilines is 1. The molecule has 0 radical (unpaired) electrons. The lowest BCUT2D eigenvalue weighted by Crippen LogP contribution is -2.28. The lowest BCUT2D eigenvalue weighted by atomic mass is 9.93. The van der Waals surface area contributed by atoms with Gasteiger partial charge in [-0.2, -0.15) is 0 Å². The number of nitrogens with one attached hydrogen (secondary N) is 2. The number of amides is 2. The number of benzene rings is 2. The van der Waals surface area contributed by atoms with Crippen molar-refractivity contribution >= 4 is 51.5 Å². The van der Waals surface area contributed by atoms with E-state index in [1.54, 1.807) is 59.2 Å². The fraction of sp³-hybridized carbons (Fsp3) is 0.160. The molecule has 1 aliphatic carbocycles. The van der Waals surface area contributed by atoms with Crippen LogP contribution in [-0.2, 0) is 11.3 Å². The van der Waals surface area contributed by atoms with E-state index in [1.165, 1.54) is 0 Å². The quantitative estimate of drug-likeness (QED) is 0.473. The van der Waals surface area contributed by atoms with Crippen molar-refractivity contribution in [2.45, 2.75) is 19.9 Å². The van der Waals surface area contributed by atoms with Gasteiger partial charge in [0.05, 0.1) is 0 Å². The first-order valence-corrected chi connectivity index (χ1v) is 10.9. The highest BCUT2D eigenvalue weighted by molar-refractivity contribution is 6.32. The summed E-state index contributed by atoms with van der Waals surface area (Å²) in [7, 11) is 0. The van der Waals surface area contributed by atoms with Crippen molar-refractivity contribution in [3.8, 4) is 0 Å². The molecule has 3 aromatic rings. The maximum absolute atomic E-state index is 12.7. The van der Waals surface area contributed by atoms with E-state index in [4.69, 9.17) is 11.6 Å². The van der Waals surface area contributed by atoms with Crippen LogP contribution >= 0.6 is 11.6 Å². The molecule has 4 rings (SSSR count). The van der Waals surface area contributed by atoms with E-state index in [1.807, 2.05) is 13.0 Å². The number of ketones is 1. The van der Waals surface area contributed by atoms with Crippen LogP contribution in [0.15, 0.2) is 60.7 Å². The molecule has 0 fully saturated rings. The molecule has 8 heteroatoms. The summed E-state index contributed by atoms with van der Waals surface area (Å²) < 4.78 is 1.67. The van der Waals surface area contributed by atoms with Gasteiger partial charge in [0.25, 0.3) is 0 Å². The number of aromatic carboxylic acids is 1. The van der Waals surface area contributed by atoms with E-state index in [0.29, 0.717) is 39.3 Å². The SMILES string of the molecule is CCNC(=O)Nc1cccc(Cn2c(C(=O)O)c(C3=CC=CCC3=O)c3cc(Cl)ccc32)c1. The van der Waals surface area contributed by atoms with E-state index in [-0.39, 0.29) is 30.5 Å². The Kier molecular flexibility index (Phi) is 6.33. The van der Waals surface area contributed by atoms with Crippen molar-refractivity contribution in [1.29, 1.82) is 0 Å². The number of aromatic nitrogens is 1. The topological polar surface area (TPSA) is 100 Å². The Morgan fingerprint density at radius 1 is 1.18 bits per heavy atom. The molecule has 0 aliphatic heterocycles. The zero-order valence-corrected chi connectivity index (χ0v) is 18.6. The predicted octanol–water partition coefficient (Wildman–Crippen LogP) is 5.10. The van der Waals surface area contributed by atoms with Crippen LogP contribution < -0.4 is 10.6 Å². The summed E-state index contributed by atoms with van der Waals surface area (Å²) in [6, 6.07) is 12.0. The number of carbonyl (C=O) groups is 3. The van der Waals surface area contributed by atoms with Crippen molar-refractivity contribution in [1.82, 2.24) is 9.88 Å². The highest BCUT2D eigenvalue weighted by Crippen LogP contribution is 2.36. The maximum Gasteiger partial charge on any atom is 0.353 e. The van der Waals surface area contributed by atoms with E-state index >= 15 is 0 Å². The summed E-state index contributed by atoms with van der Waals surface area (Å²) >= 11 is 6.24. The molecule has 0 unspecified atom stereocenters. The molecule has 0 spiro atoms. The summed E-state index contributed by atoms with van der Waals surface area (Å²) in [6.45, 7) is 2.55. The number of Topliss-reactive ketones (excluding diaryl/α,β-unsaturated/α-hetero) is 1. The minimum absolute atomic E-state index is 0.0178.